The van der Waals surface area contributed by atoms with Gasteiger partial charge in [0.15, 0.2) is 0 Å². The van der Waals surface area contributed by atoms with Crippen molar-refractivity contribution in [2.75, 3.05) is 26.7 Å². The number of amides is 1. The Morgan fingerprint density at radius 3 is 2.50 bits per heavy atom. The van der Waals surface area contributed by atoms with E-state index in [4.69, 9.17) is 5.73 Å². The molecule has 1 aliphatic carbocycles. The molecule has 0 bridgehead atoms. The highest BCUT2D eigenvalue weighted by Crippen LogP contribution is 2.40. The van der Waals surface area contributed by atoms with Crippen LogP contribution in [-0.2, 0) is 4.79 Å². The standard InChI is InChI=1S/C12H25N3O/c1-4-8-15(3)9-12(11(13)16,14-5-2)10-6-7-10/h10,14H,4-9H2,1-3H3,(H2,13,16). The number of nitrogens with zero attached hydrogens (tertiary/aromatic N) is 1. The van der Waals surface area contributed by atoms with Crippen molar-refractivity contribution in [1.82, 2.24) is 10.2 Å². The molecule has 1 fully saturated rings. The van der Waals surface area contributed by atoms with Crippen molar-refractivity contribution >= 4 is 5.91 Å². The molecule has 0 aromatic rings. The Hall–Kier alpha value is -0.610. The fraction of sp³-hybridized carbons (Fsp3) is 0.917. The molecule has 1 unspecified atom stereocenters. The lowest BCUT2D eigenvalue weighted by Crippen LogP contribution is -2.62. The van der Waals surface area contributed by atoms with E-state index in [2.05, 4.69) is 24.2 Å². The van der Waals surface area contributed by atoms with Gasteiger partial charge in [0.05, 0.1) is 0 Å². The first-order valence-electron chi connectivity index (χ1n) is 6.30. The summed E-state index contributed by atoms with van der Waals surface area (Å²) in [5.41, 5.74) is 5.11. The first-order valence-corrected chi connectivity index (χ1v) is 6.30. The van der Waals surface area contributed by atoms with Crippen LogP contribution in [0.25, 0.3) is 0 Å². The van der Waals surface area contributed by atoms with Crippen LogP contribution in [0.4, 0.5) is 0 Å². The predicted octanol–water partition coefficient (Wildman–Crippen LogP) is 0.572. The second-order valence-electron chi connectivity index (χ2n) is 4.88. The van der Waals surface area contributed by atoms with Crippen LogP contribution in [-0.4, -0.2) is 43.0 Å². The quantitative estimate of drug-likeness (QED) is 0.637. The van der Waals surface area contributed by atoms with E-state index in [9.17, 15) is 4.79 Å². The van der Waals surface area contributed by atoms with Crippen molar-refractivity contribution < 1.29 is 4.79 Å². The van der Waals surface area contributed by atoms with Gasteiger partial charge in [-0.1, -0.05) is 13.8 Å². The molecule has 0 aromatic heterocycles. The number of hydrogen-bond donors (Lipinski definition) is 2. The van der Waals surface area contributed by atoms with E-state index in [-0.39, 0.29) is 5.91 Å². The Balaban J connectivity index is 2.71. The van der Waals surface area contributed by atoms with Gasteiger partial charge in [0.25, 0.3) is 0 Å². The smallest absolute Gasteiger partial charge is 0.239 e. The average molecular weight is 227 g/mol. The molecule has 4 nitrogen and oxygen atoms in total. The highest BCUT2D eigenvalue weighted by molar-refractivity contribution is 5.86. The topological polar surface area (TPSA) is 58.4 Å². The molecular weight excluding hydrogens is 202 g/mol. The molecule has 1 rings (SSSR count). The molecule has 1 amide bonds. The zero-order chi connectivity index (χ0) is 12.2. The van der Waals surface area contributed by atoms with E-state index in [1.165, 1.54) is 0 Å². The Morgan fingerprint density at radius 2 is 2.12 bits per heavy atom. The second kappa shape index (κ2) is 5.64. The van der Waals surface area contributed by atoms with Gasteiger partial charge in [0.1, 0.15) is 5.54 Å². The maximum Gasteiger partial charge on any atom is 0.239 e. The van der Waals surface area contributed by atoms with Gasteiger partial charge in [-0.15, -0.1) is 0 Å². The molecule has 0 heterocycles. The van der Waals surface area contributed by atoms with Crippen molar-refractivity contribution in [1.29, 1.82) is 0 Å². The van der Waals surface area contributed by atoms with E-state index in [1.807, 2.05) is 6.92 Å². The summed E-state index contributed by atoms with van der Waals surface area (Å²) < 4.78 is 0. The van der Waals surface area contributed by atoms with Crippen LogP contribution in [0.5, 0.6) is 0 Å². The molecule has 1 aliphatic rings. The maximum atomic E-state index is 11.8. The number of nitrogens with one attached hydrogen (secondary N) is 1. The van der Waals surface area contributed by atoms with Gasteiger partial charge in [0, 0.05) is 6.54 Å². The summed E-state index contributed by atoms with van der Waals surface area (Å²) in [6, 6.07) is 0. The van der Waals surface area contributed by atoms with E-state index in [0.717, 1.165) is 38.9 Å². The summed E-state index contributed by atoms with van der Waals surface area (Å²) in [4.78, 5) is 14.0. The fourth-order valence-electron chi connectivity index (χ4n) is 2.47. The summed E-state index contributed by atoms with van der Waals surface area (Å²) in [6.45, 7) is 6.70. The van der Waals surface area contributed by atoms with Crippen molar-refractivity contribution in [3.05, 3.63) is 0 Å². The first-order chi connectivity index (χ1) is 7.56. The Labute approximate surface area is 98.6 Å². The molecule has 0 saturated heterocycles. The van der Waals surface area contributed by atoms with E-state index >= 15 is 0 Å². The normalized spacial score (nSPS) is 19.8. The Kier molecular flexibility index (Phi) is 4.74. The van der Waals surface area contributed by atoms with Crippen molar-refractivity contribution in [3.8, 4) is 0 Å². The minimum absolute atomic E-state index is 0.195. The summed E-state index contributed by atoms with van der Waals surface area (Å²) in [5.74, 6) is 0.240. The van der Waals surface area contributed by atoms with Crippen molar-refractivity contribution in [2.45, 2.75) is 38.6 Å². The highest BCUT2D eigenvalue weighted by atomic mass is 16.1. The third-order valence-corrected chi connectivity index (χ3v) is 3.33. The third kappa shape index (κ3) is 2.95. The Morgan fingerprint density at radius 1 is 1.50 bits per heavy atom. The van der Waals surface area contributed by atoms with Crippen LogP contribution in [0.3, 0.4) is 0 Å². The molecule has 16 heavy (non-hydrogen) atoms. The van der Waals surface area contributed by atoms with Crippen LogP contribution in [0.15, 0.2) is 0 Å². The molecule has 1 saturated carbocycles. The van der Waals surface area contributed by atoms with Gasteiger partial charge in [-0.2, -0.15) is 0 Å². The van der Waals surface area contributed by atoms with Crippen molar-refractivity contribution in [2.24, 2.45) is 11.7 Å². The van der Waals surface area contributed by atoms with E-state index in [1.54, 1.807) is 0 Å². The number of hydrogen-bond acceptors (Lipinski definition) is 3. The fourth-order valence-corrected chi connectivity index (χ4v) is 2.47. The molecule has 94 valence electrons. The largest absolute Gasteiger partial charge is 0.368 e. The van der Waals surface area contributed by atoms with Crippen LogP contribution >= 0.6 is 0 Å². The zero-order valence-corrected chi connectivity index (χ0v) is 10.8. The molecule has 0 spiro atoms. The maximum absolute atomic E-state index is 11.8. The van der Waals surface area contributed by atoms with Gasteiger partial charge in [0.2, 0.25) is 5.91 Å². The molecule has 3 N–H and O–H groups in total. The third-order valence-electron chi connectivity index (χ3n) is 3.33. The number of primary amides is 1. The van der Waals surface area contributed by atoms with E-state index in [0.29, 0.717) is 5.92 Å². The predicted molar refractivity (Wildman–Crippen MR) is 66.1 cm³/mol. The van der Waals surface area contributed by atoms with E-state index < -0.39 is 5.54 Å². The first kappa shape index (κ1) is 13.5. The summed E-state index contributed by atoms with van der Waals surface area (Å²) in [5, 5.41) is 3.33. The molecule has 0 radical (unpaired) electrons. The second-order valence-corrected chi connectivity index (χ2v) is 4.88. The zero-order valence-electron chi connectivity index (χ0n) is 10.8. The molecule has 4 heteroatoms. The highest BCUT2D eigenvalue weighted by Gasteiger charge is 2.49. The number of rotatable bonds is 8. The van der Waals surface area contributed by atoms with Gasteiger partial charge in [-0.05, 0) is 45.3 Å². The average Bonchev–Trinajstić information content (AvgIpc) is 3.00. The number of likely N-dealkylation sites (N-methyl/N-ethyl adjacent to an activating group) is 2. The lowest BCUT2D eigenvalue weighted by atomic mass is 9.91. The Bertz CT molecular complexity index is 240. The summed E-state index contributed by atoms with van der Waals surface area (Å²) >= 11 is 0. The van der Waals surface area contributed by atoms with Gasteiger partial charge >= 0.3 is 0 Å². The SMILES string of the molecule is CCCN(C)CC(NCC)(C(N)=O)C1CC1. The minimum Gasteiger partial charge on any atom is -0.368 e. The summed E-state index contributed by atoms with van der Waals surface area (Å²) in [7, 11) is 2.06. The van der Waals surface area contributed by atoms with Crippen LogP contribution in [0, 0.1) is 5.92 Å². The van der Waals surface area contributed by atoms with Gasteiger partial charge < -0.3 is 16.0 Å². The molecule has 1 atom stereocenters. The number of carbonyl (C=O) groups excluding carboxylic acids is 1. The van der Waals surface area contributed by atoms with Crippen LogP contribution < -0.4 is 11.1 Å². The number of nitrogens with two attached hydrogens (primary N) is 1. The minimum atomic E-state index is -0.501. The lowest BCUT2D eigenvalue weighted by molar-refractivity contribution is -0.126. The number of carbonyl (C=O) groups is 1. The molecule has 0 aromatic carbocycles. The van der Waals surface area contributed by atoms with Gasteiger partial charge in [-0.25, -0.2) is 0 Å². The van der Waals surface area contributed by atoms with Crippen LogP contribution in [0.2, 0.25) is 0 Å². The summed E-state index contributed by atoms with van der Waals surface area (Å²) in [6.07, 6.45) is 3.34. The van der Waals surface area contributed by atoms with Gasteiger partial charge in [-0.3, -0.25) is 4.79 Å². The molecular formula is C12H25N3O. The monoisotopic (exact) mass is 227 g/mol. The van der Waals surface area contributed by atoms with Crippen LogP contribution in [0.1, 0.15) is 33.1 Å². The molecule has 0 aliphatic heterocycles. The van der Waals surface area contributed by atoms with Crippen molar-refractivity contribution in [3.63, 3.8) is 0 Å². The lowest BCUT2D eigenvalue weighted by Gasteiger charge is -2.35.